The monoisotopic (exact) mass is 357 g/mol. The number of nitrogens with one attached hydrogen (secondary N) is 2. The predicted octanol–water partition coefficient (Wildman–Crippen LogP) is 3.03. The molecule has 0 fully saturated rings. The smallest absolute Gasteiger partial charge is 0.343 e. The number of thiocarbonyl (C=S) groups is 1. The largest absolute Gasteiger partial charge is 0.423 e. The van der Waals surface area contributed by atoms with Crippen LogP contribution in [0.5, 0.6) is 5.75 Å². The van der Waals surface area contributed by atoms with E-state index in [1.54, 1.807) is 36.6 Å². The van der Waals surface area contributed by atoms with Crippen LogP contribution in [0.25, 0.3) is 0 Å². The van der Waals surface area contributed by atoms with Gasteiger partial charge in [-0.2, -0.15) is 5.10 Å². The Bertz CT molecular complexity index is 774. The molecule has 0 bridgehead atoms. The molecule has 128 valence electrons. The van der Waals surface area contributed by atoms with E-state index in [0.29, 0.717) is 17.4 Å². The molecule has 0 spiro atoms. The van der Waals surface area contributed by atoms with E-state index in [2.05, 4.69) is 22.4 Å². The van der Waals surface area contributed by atoms with E-state index in [1.165, 1.54) is 24.3 Å². The second-order valence-corrected chi connectivity index (χ2v) is 5.24. The molecule has 5 nitrogen and oxygen atoms in total. The van der Waals surface area contributed by atoms with Gasteiger partial charge in [-0.25, -0.2) is 9.18 Å². The first kappa shape index (κ1) is 18.3. The lowest BCUT2D eigenvalue weighted by Crippen LogP contribution is -2.31. The fourth-order valence-electron chi connectivity index (χ4n) is 1.74. The number of carbonyl (C=O) groups excluding carboxylic acids is 1. The maximum atomic E-state index is 12.8. The molecule has 0 aliphatic heterocycles. The standard InChI is InChI=1S/C18H16FN3O2S/c1-2-11-20-18(25)22-21-12-13-3-9-16(10-4-13)24-17(23)14-5-7-15(19)8-6-14/h2-10,12H,1,11H2,(H2,20,22,25)/b21-12+. The molecule has 0 amide bonds. The van der Waals surface area contributed by atoms with Gasteiger partial charge in [-0.05, 0) is 66.3 Å². The van der Waals surface area contributed by atoms with Crippen molar-refractivity contribution >= 4 is 29.5 Å². The number of hydrogen-bond acceptors (Lipinski definition) is 4. The number of halogens is 1. The Morgan fingerprint density at radius 3 is 2.52 bits per heavy atom. The van der Waals surface area contributed by atoms with E-state index < -0.39 is 11.8 Å². The molecule has 0 saturated heterocycles. The fourth-order valence-corrected chi connectivity index (χ4v) is 1.88. The van der Waals surface area contributed by atoms with Crippen LogP contribution in [0.2, 0.25) is 0 Å². The Morgan fingerprint density at radius 2 is 1.88 bits per heavy atom. The molecule has 0 radical (unpaired) electrons. The van der Waals surface area contributed by atoms with Crippen LogP contribution in [0.15, 0.2) is 66.3 Å². The van der Waals surface area contributed by atoms with Gasteiger partial charge in [-0.3, -0.25) is 5.43 Å². The minimum Gasteiger partial charge on any atom is -0.423 e. The summed E-state index contributed by atoms with van der Waals surface area (Å²) in [6, 6.07) is 11.9. The summed E-state index contributed by atoms with van der Waals surface area (Å²) in [6.45, 7) is 4.12. The average molecular weight is 357 g/mol. The fraction of sp³-hybridized carbons (Fsp3) is 0.0556. The lowest BCUT2D eigenvalue weighted by molar-refractivity contribution is 0.0734. The van der Waals surface area contributed by atoms with Gasteiger partial charge in [0.05, 0.1) is 11.8 Å². The lowest BCUT2D eigenvalue weighted by Gasteiger charge is -2.05. The van der Waals surface area contributed by atoms with Gasteiger partial charge in [0, 0.05) is 6.54 Å². The first-order valence-electron chi connectivity index (χ1n) is 7.34. The molecule has 0 aliphatic rings. The lowest BCUT2D eigenvalue weighted by atomic mass is 10.2. The van der Waals surface area contributed by atoms with Crippen molar-refractivity contribution in [1.82, 2.24) is 10.7 Å². The van der Waals surface area contributed by atoms with Crippen LogP contribution in [0.1, 0.15) is 15.9 Å². The van der Waals surface area contributed by atoms with Gasteiger partial charge in [0.25, 0.3) is 0 Å². The minimum atomic E-state index is -0.554. The summed E-state index contributed by atoms with van der Waals surface area (Å²) in [4.78, 5) is 11.9. The Kier molecular flexibility index (Phi) is 6.79. The van der Waals surface area contributed by atoms with Gasteiger partial charge in [-0.15, -0.1) is 6.58 Å². The van der Waals surface area contributed by atoms with Crippen LogP contribution in [-0.2, 0) is 0 Å². The third kappa shape index (κ3) is 6.15. The van der Waals surface area contributed by atoms with E-state index in [4.69, 9.17) is 17.0 Å². The Morgan fingerprint density at radius 1 is 1.20 bits per heavy atom. The SMILES string of the molecule is C=CCNC(=S)N/N=C/c1ccc(OC(=O)c2ccc(F)cc2)cc1. The molecular weight excluding hydrogens is 341 g/mol. The van der Waals surface area contributed by atoms with Crippen LogP contribution in [-0.4, -0.2) is 23.8 Å². The highest BCUT2D eigenvalue weighted by atomic mass is 32.1. The van der Waals surface area contributed by atoms with E-state index in [-0.39, 0.29) is 5.56 Å². The van der Waals surface area contributed by atoms with Crippen LogP contribution >= 0.6 is 12.2 Å². The molecule has 0 atom stereocenters. The zero-order valence-electron chi connectivity index (χ0n) is 13.2. The Labute approximate surface area is 150 Å². The predicted molar refractivity (Wildman–Crippen MR) is 99.3 cm³/mol. The second-order valence-electron chi connectivity index (χ2n) is 4.83. The average Bonchev–Trinajstić information content (AvgIpc) is 2.62. The molecule has 0 saturated carbocycles. The molecular formula is C18H16FN3O2S. The van der Waals surface area contributed by atoms with Crippen molar-refractivity contribution in [2.24, 2.45) is 5.10 Å². The maximum Gasteiger partial charge on any atom is 0.343 e. The number of rotatable bonds is 6. The van der Waals surface area contributed by atoms with Crippen LogP contribution in [0.4, 0.5) is 4.39 Å². The molecule has 7 heteroatoms. The quantitative estimate of drug-likeness (QED) is 0.208. The van der Waals surface area contributed by atoms with Crippen LogP contribution in [0, 0.1) is 5.82 Å². The second kappa shape index (κ2) is 9.29. The number of hydrogen-bond donors (Lipinski definition) is 2. The molecule has 25 heavy (non-hydrogen) atoms. The number of nitrogens with zero attached hydrogens (tertiary/aromatic N) is 1. The number of benzene rings is 2. The van der Waals surface area contributed by atoms with Crippen LogP contribution < -0.4 is 15.5 Å². The summed E-state index contributed by atoms with van der Waals surface area (Å²) in [5, 5.41) is 7.25. The molecule has 0 unspecified atom stereocenters. The topological polar surface area (TPSA) is 62.7 Å². The van der Waals surface area contributed by atoms with Crippen LogP contribution in [0.3, 0.4) is 0 Å². The minimum absolute atomic E-state index is 0.275. The highest BCUT2D eigenvalue weighted by molar-refractivity contribution is 7.80. The summed E-state index contributed by atoms with van der Waals surface area (Å²) in [6.07, 6.45) is 3.26. The molecule has 2 rings (SSSR count). The molecule has 2 N–H and O–H groups in total. The Balaban J connectivity index is 1.89. The first-order valence-corrected chi connectivity index (χ1v) is 7.75. The third-order valence-electron chi connectivity index (χ3n) is 2.96. The zero-order valence-corrected chi connectivity index (χ0v) is 14.1. The summed E-state index contributed by atoms with van der Waals surface area (Å²) in [7, 11) is 0. The molecule has 2 aromatic carbocycles. The van der Waals surface area contributed by atoms with Gasteiger partial charge in [0.2, 0.25) is 0 Å². The van der Waals surface area contributed by atoms with E-state index in [9.17, 15) is 9.18 Å². The van der Waals surface area contributed by atoms with E-state index in [1.807, 2.05) is 0 Å². The molecule has 0 aromatic heterocycles. The molecule has 0 aliphatic carbocycles. The van der Waals surface area contributed by atoms with E-state index in [0.717, 1.165) is 5.56 Å². The van der Waals surface area contributed by atoms with Crippen molar-refractivity contribution in [1.29, 1.82) is 0 Å². The number of carbonyl (C=O) groups is 1. The summed E-state index contributed by atoms with van der Waals surface area (Å²) < 4.78 is 18.1. The van der Waals surface area contributed by atoms with Crippen molar-refractivity contribution in [2.45, 2.75) is 0 Å². The zero-order chi connectivity index (χ0) is 18.1. The number of esters is 1. The van der Waals surface area contributed by atoms with Gasteiger partial charge < -0.3 is 10.1 Å². The van der Waals surface area contributed by atoms with Crippen molar-refractivity contribution in [2.75, 3.05) is 6.54 Å². The normalized spacial score (nSPS) is 10.3. The van der Waals surface area contributed by atoms with Crippen molar-refractivity contribution < 1.29 is 13.9 Å². The number of ether oxygens (including phenoxy) is 1. The van der Waals surface area contributed by atoms with E-state index >= 15 is 0 Å². The van der Waals surface area contributed by atoms with Crippen molar-refractivity contribution in [3.63, 3.8) is 0 Å². The first-order chi connectivity index (χ1) is 12.1. The number of hydrazone groups is 1. The summed E-state index contributed by atoms with van der Waals surface area (Å²) >= 11 is 4.99. The maximum absolute atomic E-state index is 12.8. The third-order valence-corrected chi connectivity index (χ3v) is 3.19. The van der Waals surface area contributed by atoms with Gasteiger partial charge in [0.1, 0.15) is 11.6 Å². The summed E-state index contributed by atoms with van der Waals surface area (Å²) in [5.74, 6) is -0.586. The molecule has 2 aromatic rings. The summed E-state index contributed by atoms with van der Waals surface area (Å²) in [5.41, 5.74) is 3.73. The Hall–Kier alpha value is -3.06. The highest BCUT2D eigenvalue weighted by Crippen LogP contribution is 2.14. The van der Waals surface area contributed by atoms with Gasteiger partial charge in [0.15, 0.2) is 5.11 Å². The van der Waals surface area contributed by atoms with Gasteiger partial charge >= 0.3 is 5.97 Å². The highest BCUT2D eigenvalue weighted by Gasteiger charge is 2.08. The van der Waals surface area contributed by atoms with Crippen molar-refractivity contribution in [3.8, 4) is 5.75 Å². The van der Waals surface area contributed by atoms with Crippen molar-refractivity contribution in [3.05, 3.63) is 78.1 Å². The molecule has 0 heterocycles. The van der Waals surface area contributed by atoms with Gasteiger partial charge in [-0.1, -0.05) is 6.08 Å².